The van der Waals surface area contributed by atoms with Gasteiger partial charge in [-0.15, -0.1) is 0 Å². The van der Waals surface area contributed by atoms with E-state index >= 15 is 0 Å². The van der Waals surface area contributed by atoms with E-state index in [4.69, 9.17) is 4.43 Å². The van der Waals surface area contributed by atoms with Gasteiger partial charge >= 0.3 is 0 Å². The van der Waals surface area contributed by atoms with Gasteiger partial charge in [-0.3, -0.25) is 0 Å². The summed E-state index contributed by atoms with van der Waals surface area (Å²) in [5.74, 6) is 1.02. The van der Waals surface area contributed by atoms with E-state index in [2.05, 4.69) is 63.4 Å². The number of nitrogens with one attached hydrogen (secondary N) is 1. The Morgan fingerprint density at radius 1 is 1.16 bits per heavy atom. The standard InChI is InChI=1S/C16H27NOSi/c1-16(2,3)19(4,5)18-14-10-8-13(9-11-14)15-7-6-12-17-15/h8-11,15,17H,6-7,12H2,1-5H3. The molecular weight excluding hydrogens is 250 g/mol. The molecule has 2 rings (SSSR count). The van der Waals surface area contributed by atoms with E-state index in [1.807, 2.05) is 0 Å². The van der Waals surface area contributed by atoms with Crippen LogP contribution in [0.25, 0.3) is 0 Å². The zero-order chi connectivity index (χ0) is 14.1. The molecule has 0 aliphatic carbocycles. The maximum absolute atomic E-state index is 6.30. The molecule has 1 saturated heterocycles. The molecule has 1 aromatic carbocycles. The van der Waals surface area contributed by atoms with Crippen molar-refractivity contribution in [2.75, 3.05) is 6.54 Å². The molecule has 1 heterocycles. The maximum atomic E-state index is 6.30. The highest BCUT2D eigenvalue weighted by molar-refractivity contribution is 6.74. The molecule has 1 aliphatic heterocycles. The van der Waals surface area contributed by atoms with Crippen molar-refractivity contribution in [3.8, 4) is 5.75 Å². The molecule has 0 saturated carbocycles. The summed E-state index contributed by atoms with van der Waals surface area (Å²) in [6.45, 7) is 12.5. The van der Waals surface area contributed by atoms with E-state index in [1.165, 1.54) is 18.4 Å². The molecule has 0 amide bonds. The van der Waals surface area contributed by atoms with Crippen molar-refractivity contribution < 1.29 is 4.43 Å². The average molecular weight is 277 g/mol. The Balaban J connectivity index is 2.06. The van der Waals surface area contributed by atoms with Crippen LogP contribution in [0.2, 0.25) is 18.1 Å². The Bertz CT molecular complexity index is 413. The van der Waals surface area contributed by atoms with E-state index in [-0.39, 0.29) is 5.04 Å². The smallest absolute Gasteiger partial charge is 0.250 e. The van der Waals surface area contributed by atoms with Crippen LogP contribution in [0.1, 0.15) is 45.2 Å². The van der Waals surface area contributed by atoms with Crippen molar-refractivity contribution in [1.82, 2.24) is 5.32 Å². The number of benzene rings is 1. The fourth-order valence-corrected chi connectivity index (χ4v) is 3.22. The summed E-state index contributed by atoms with van der Waals surface area (Å²) >= 11 is 0. The summed E-state index contributed by atoms with van der Waals surface area (Å²) in [5, 5.41) is 3.78. The van der Waals surface area contributed by atoms with Crippen molar-refractivity contribution in [1.29, 1.82) is 0 Å². The molecule has 1 atom stereocenters. The minimum Gasteiger partial charge on any atom is -0.544 e. The number of hydrogen-bond donors (Lipinski definition) is 1. The SMILES string of the molecule is CC(C)(C)[Si](C)(C)Oc1ccc(C2CCCN2)cc1. The third-order valence-corrected chi connectivity index (χ3v) is 8.88. The lowest BCUT2D eigenvalue weighted by atomic mass is 10.1. The third kappa shape index (κ3) is 3.40. The van der Waals surface area contributed by atoms with Crippen molar-refractivity contribution in [2.24, 2.45) is 0 Å². The monoisotopic (exact) mass is 277 g/mol. The second-order valence-corrected chi connectivity index (χ2v) is 11.8. The summed E-state index contributed by atoms with van der Waals surface area (Å²) < 4.78 is 6.30. The molecule has 1 unspecified atom stereocenters. The minimum atomic E-state index is -1.71. The van der Waals surface area contributed by atoms with Gasteiger partial charge in [0.1, 0.15) is 5.75 Å². The van der Waals surface area contributed by atoms with Crippen LogP contribution in [0.4, 0.5) is 0 Å². The zero-order valence-corrected chi connectivity index (χ0v) is 13.9. The summed E-state index contributed by atoms with van der Waals surface area (Å²) in [5.41, 5.74) is 1.39. The molecule has 0 bridgehead atoms. The summed E-state index contributed by atoms with van der Waals surface area (Å²) in [6.07, 6.45) is 2.54. The molecule has 2 nitrogen and oxygen atoms in total. The number of hydrogen-bond acceptors (Lipinski definition) is 2. The first-order valence-corrected chi connectivity index (χ1v) is 10.2. The van der Waals surface area contributed by atoms with Crippen molar-refractivity contribution in [3.63, 3.8) is 0 Å². The quantitative estimate of drug-likeness (QED) is 0.822. The average Bonchev–Trinajstić information content (AvgIpc) is 2.81. The molecule has 106 valence electrons. The summed E-state index contributed by atoms with van der Waals surface area (Å²) in [6, 6.07) is 9.24. The Morgan fingerprint density at radius 2 is 1.79 bits per heavy atom. The highest BCUT2D eigenvalue weighted by Gasteiger charge is 2.38. The highest BCUT2D eigenvalue weighted by atomic mass is 28.4. The molecule has 0 aromatic heterocycles. The van der Waals surface area contributed by atoms with Gasteiger partial charge in [0.2, 0.25) is 8.32 Å². The molecule has 1 N–H and O–H groups in total. The van der Waals surface area contributed by atoms with Gasteiger partial charge in [-0.25, -0.2) is 0 Å². The fraction of sp³-hybridized carbons (Fsp3) is 0.625. The van der Waals surface area contributed by atoms with Crippen LogP contribution >= 0.6 is 0 Å². The van der Waals surface area contributed by atoms with Gasteiger partial charge in [0.15, 0.2) is 0 Å². The van der Waals surface area contributed by atoms with E-state index in [0.717, 1.165) is 12.3 Å². The van der Waals surface area contributed by atoms with Crippen LogP contribution < -0.4 is 9.74 Å². The highest BCUT2D eigenvalue weighted by Crippen LogP contribution is 2.37. The first kappa shape index (κ1) is 14.6. The Morgan fingerprint density at radius 3 is 2.26 bits per heavy atom. The lowest BCUT2D eigenvalue weighted by molar-refractivity contribution is 0.491. The molecular formula is C16H27NOSi. The predicted molar refractivity (Wildman–Crippen MR) is 84.2 cm³/mol. The second kappa shape index (κ2) is 5.29. The predicted octanol–water partition coefficient (Wildman–Crippen LogP) is 4.50. The summed E-state index contributed by atoms with van der Waals surface area (Å²) in [4.78, 5) is 0. The zero-order valence-electron chi connectivity index (χ0n) is 12.9. The topological polar surface area (TPSA) is 21.3 Å². The maximum Gasteiger partial charge on any atom is 0.250 e. The minimum absolute atomic E-state index is 0.249. The molecule has 0 spiro atoms. The Kier molecular flexibility index (Phi) is 4.07. The molecule has 3 heteroatoms. The molecule has 0 radical (unpaired) electrons. The second-order valence-electron chi connectivity index (χ2n) is 7.08. The van der Waals surface area contributed by atoms with E-state index in [0.29, 0.717) is 6.04 Å². The van der Waals surface area contributed by atoms with Crippen LogP contribution in [-0.4, -0.2) is 14.9 Å². The van der Waals surface area contributed by atoms with Crippen LogP contribution in [0, 0.1) is 0 Å². The fourth-order valence-electron chi connectivity index (χ4n) is 2.18. The lowest BCUT2D eigenvalue weighted by Gasteiger charge is -2.36. The normalized spacial score (nSPS) is 20.6. The largest absolute Gasteiger partial charge is 0.544 e. The first-order valence-electron chi connectivity index (χ1n) is 7.32. The molecule has 1 fully saturated rings. The van der Waals surface area contributed by atoms with Gasteiger partial charge in [0.25, 0.3) is 0 Å². The Hall–Kier alpha value is -0.803. The van der Waals surface area contributed by atoms with Gasteiger partial charge in [0, 0.05) is 6.04 Å². The van der Waals surface area contributed by atoms with Gasteiger partial charge in [0.05, 0.1) is 0 Å². The summed E-state index contributed by atoms with van der Waals surface area (Å²) in [7, 11) is -1.71. The van der Waals surface area contributed by atoms with Crippen molar-refractivity contribution in [2.45, 2.75) is 57.8 Å². The van der Waals surface area contributed by atoms with E-state index < -0.39 is 8.32 Å². The third-order valence-electron chi connectivity index (χ3n) is 4.52. The molecule has 1 aliphatic rings. The Labute approximate surface area is 118 Å². The van der Waals surface area contributed by atoms with Gasteiger partial charge in [-0.1, -0.05) is 32.9 Å². The van der Waals surface area contributed by atoms with E-state index in [1.54, 1.807) is 0 Å². The lowest BCUT2D eigenvalue weighted by Crippen LogP contribution is -2.43. The van der Waals surface area contributed by atoms with Gasteiger partial charge in [-0.05, 0) is 55.2 Å². The van der Waals surface area contributed by atoms with Gasteiger partial charge in [-0.2, -0.15) is 0 Å². The van der Waals surface area contributed by atoms with Crippen LogP contribution in [0.5, 0.6) is 5.75 Å². The van der Waals surface area contributed by atoms with Crippen molar-refractivity contribution >= 4 is 8.32 Å². The van der Waals surface area contributed by atoms with Crippen LogP contribution in [0.3, 0.4) is 0 Å². The number of rotatable bonds is 3. The molecule has 19 heavy (non-hydrogen) atoms. The van der Waals surface area contributed by atoms with Crippen LogP contribution in [0.15, 0.2) is 24.3 Å². The molecule has 1 aromatic rings. The first-order chi connectivity index (χ1) is 8.79. The van der Waals surface area contributed by atoms with Crippen molar-refractivity contribution in [3.05, 3.63) is 29.8 Å². The van der Waals surface area contributed by atoms with Crippen LogP contribution in [-0.2, 0) is 0 Å². The van der Waals surface area contributed by atoms with Gasteiger partial charge < -0.3 is 9.74 Å². The van der Waals surface area contributed by atoms with E-state index in [9.17, 15) is 0 Å².